The number of hydrogen-bond donors (Lipinski definition) is 1. The average molecular weight is 266 g/mol. The highest BCUT2D eigenvalue weighted by molar-refractivity contribution is 5.01. The van der Waals surface area contributed by atoms with Crippen LogP contribution in [0.3, 0.4) is 0 Å². The summed E-state index contributed by atoms with van der Waals surface area (Å²) in [7, 11) is 0. The summed E-state index contributed by atoms with van der Waals surface area (Å²) in [6, 6.07) is 0.731. The summed E-state index contributed by atoms with van der Waals surface area (Å²) in [5, 5.41) is 3.80. The number of hydrogen-bond acceptors (Lipinski definition) is 2. The maximum Gasteiger partial charge on any atom is 0.0278 e. The molecule has 0 radical (unpaired) electrons. The summed E-state index contributed by atoms with van der Waals surface area (Å²) in [4.78, 5) is 2.83. The topological polar surface area (TPSA) is 15.3 Å². The van der Waals surface area contributed by atoms with Crippen LogP contribution in [-0.4, -0.2) is 36.1 Å². The van der Waals surface area contributed by atoms with Gasteiger partial charge in [-0.15, -0.1) is 0 Å². The van der Waals surface area contributed by atoms with Crippen LogP contribution in [-0.2, 0) is 0 Å². The number of rotatable bonds is 6. The first-order chi connectivity index (χ1) is 8.94. The van der Waals surface area contributed by atoms with Gasteiger partial charge in [0.2, 0.25) is 0 Å². The third-order valence-electron chi connectivity index (χ3n) is 5.58. The van der Waals surface area contributed by atoms with Crippen LogP contribution in [0.15, 0.2) is 0 Å². The Bertz CT molecular complexity index is 296. The number of piperazine rings is 1. The van der Waals surface area contributed by atoms with E-state index in [0.717, 1.165) is 12.0 Å². The predicted octanol–water partition coefficient (Wildman–Crippen LogP) is 3.67. The van der Waals surface area contributed by atoms with Crippen molar-refractivity contribution in [3.63, 3.8) is 0 Å². The molecule has 0 aromatic heterocycles. The van der Waals surface area contributed by atoms with Crippen molar-refractivity contribution in [3.8, 4) is 0 Å². The van der Waals surface area contributed by atoms with E-state index in [1.807, 2.05) is 0 Å². The average Bonchev–Trinajstić information content (AvgIpc) is 3.09. The van der Waals surface area contributed by atoms with Gasteiger partial charge in [-0.1, -0.05) is 34.1 Å². The molecule has 1 saturated heterocycles. The van der Waals surface area contributed by atoms with Gasteiger partial charge < -0.3 is 5.32 Å². The molecule has 2 rings (SSSR count). The zero-order valence-electron chi connectivity index (χ0n) is 13.8. The third-order valence-corrected chi connectivity index (χ3v) is 5.58. The maximum atomic E-state index is 3.80. The Labute approximate surface area is 120 Å². The van der Waals surface area contributed by atoms with E-state index in [2.05, 4.69) is 44.8 Å². The van der Waals surface area contributed by atoms with Crippen molar-refractivity contribution >= 4 is 0 Å². The van der Waals surface area contributed by atoms with Gasteiger partial charge in [-0.2, -0.15) is 0 Å². The summed E-state index contributed by atoms with van der Waals surface area (Å²) in [5.41, 5.74) is 1.02. The molecule has 112 valence electrons. The van der Waals surface area contributed by atoms with Gasteiger partial charge in [0.15, 0.2) is 0 Å². The van der Waals surface area contributed by atoms with Gasteiger partial charge in [0.25, 0.3) is 0 Å². The molecule has 0 aromatic rings. The van der Waals surface area contributed by atoms with Crippen LogP contribution in [0, 0.1) is 11.3 Å². The number of nitrogens with zero attached hydrogens (tertiary/aromatic N) is 1. The van der Waals surface area contributed by atoms with Crippen LogP contribution in [0.5, 0.6) is 0 Å². The molecule has 0 aromatic carbocycles. The molecule has 1 aliphatic carbocycles. The Hall–Kier alpha value is -0.0800. The minimum Gasteiger partial charge on any atom is -0.309 e. The van der Waals surface area contributed by atoms with Crippen LogP contribution in [0.1, 0.15) is 66.7 Å². The van der Waals surface area contributed by atoms with E-state index in [1.165, 1.54) is 51.7 Å². The molecule has 1 N–H and O–H groups in total. The van der Waals surface area contributed by atoms with E-state index >= 15 is 0 Å². The Morgan fingerprint density at radius 2 is 1.95 bits per heavy atom. The van der Waals surface area contributed by atoms with Crippen molar-refractivity contribution in [1.29, 1.82) is 0 Å². The van der Waals surface area contributed by atoms with E-state index in [4.69, 9.17) is 0 Å². The summed E-state index contributed by atoms with van der Waals surface area (Å²) in [5.74, 6) is 0.756. The first-order valence-electron chi connectivity index (χ1n) is 8.43. The van der Waals surface area contributed by atoms with Crippen LogP contribution in [0.2, 0.25) is 0 Å². The van der Waals surface area contributed by atoms with Gasteiger partial charge in [0.1, 0.15) is 0 Å². The normalized spacial score (nSPS) is 34.7. The molecular formula is C17H34N2. The second-order valence-corrected chi connectivity index (χ2v) is 7.76. The van der Waals surface area contributed by atoms with Gasteiger partial charge >= 0.3 is 0 Å². The molecule has 0 bridgehead atoms. The smallest absolute Gasteiger partial charge is 0.0278 e. The lowest BCUT2D eigenvalue weighted by Crippen LogP contribution is -2.64. The van der Waals surface area contributed by atoms with Crippen LogP contribution >= 0.6 is 0 Å². The summed E-state index contributed by atoms with van der Waals surface area (Å²) >= 11 is 0. The molecule has 2 heteroatoms. The fourth-order valence-corrected chi connectivity index (χ4v) is 3.79. The molecule has 2 aliphatic rings. The van der Waals surface area contributed by atoms with Crippen molar-refractivity contribution in [2.75, 3.05) is 19.6 Å². The molecule has 0 spiro atoms. The lowest BCUT2D eigenvalue weighted by Gasteiger charge is -2.48. The largest absolute Gasteiger partial charge is 0.309 e. The molecular weight excluding hydrogens is 232 g/mol. The van der Waals surface area contributed by atoms with Crippen molar-refractivity contribution in [2.24, 2.45) is 11.3 Å². The molecule has 1 saturated carbocycles. The van der Waals surface area contributed by atoms with Crippen molar-refractivity contribution in [2.45, 2.75) is 78.3 Å². The van der Waals surface area contributed by atoms with Gasteiger partial charge in [-0.25, -0.2) is 0 Å². The van der Waals surface area contributed by atoms with Gasteiger partial charge in [-0.3, -0.25) is 4.90 Å². The van der Waals surface area contributed by atoms with E-state index in [-0.39, 0.29) is 0 Å². The van der Waals surface area contributed by atoms with E-state index in [0.29, 0.717) is 11.0 Å². The van der Waals surface area contributed by atoms with Crippen LogP contribution in [0.4, 0.5) is 0 Å². The molecule has 2 atom stereocenters. The monoisotopic (exact) mass is 266 g/mol. The molecule has 1 heterocycles. The van der Waals surface area contributed by atoms with Crippen LogP contribution in [0.25, 0.3) is 0 Å². The van der Waals surface area contributed by atoms with Crippen molar-refractivity contribution < 1.29 is 0 Å². The highest BCUT2D eigenvalue weighted by Crippen LogP contribution is 2.50. The van der Waals surface area contributed by atoms with Gasteiger partial charge in [0, 0.05) is 31.2 Å². The first-order valence-corrected chi connectivity index (χ1v) is 8.43. The minimum absolute atomic E-state index is 0.327. The predicted molar refractivity (Wildman–Crippen MR) is 83.5 cm³/mol. The Morgan fingerprint density at radius 1 is 1.26 bits per heavy atom. The first kappa shape index (κ1) is 15.3. The van der Waals surface area contributed by atoms with Crippen molar-refractivity contribution in [1.82, 2.24) is 10.2 Å². The fourth-order valence-electron chi connectivity index (χ4n) is 3.79. The van der Waals surface area contributed by atoms with Crippen LogP contribution < -0.4 is 5.32 Å². The molecule has 2 unspecified atom stereocenters. The molecule has 19 heavy (non-hydrogen) atoms. The lowest BCUT2D eigenvalue weighted by molar-refractivity contribution is 0.0417. The maximum absolute atomic E-state index is 3.80. The molecule has 2 fully saturated rings. The Balaban J connectivity index is 2.04. The van der Waals surface area contributed by atoms with E-state index in [9.17, 15) is 0 Å². The van der Waals surface area contributed by atoms with Crippen molar-refractivity contribution in [3.05, 3.63) is 0 Å². The third kappa shape index (κ3) is 3.52. The second-order valence-electron chi connectivity index (χ2n) is 7.76. The number of nitrogens with one attached hydrogen (secondary N) is 1. The summed E-state index contributed by atoms with van der Waals surface area (Å²) < 4.78 is 0. The fraction of sp³-hybridized carbons (Fsp3) is 1.00. The van der Waals surface area contributed by atoms with Gasteiger partial charge in [0.05, 0.1) is 0 Å². The molecule has 2 nitrogen and oxygen atoms in total. The molecule has 1 aliphatic heterocycles. The quantitative estimate of drug-likeness (QED) is 0.789. The highest BCUT2D eigenvalue weighted by Gasteiger charge is 2.46. The van der Waals surface area contributed by atoms with E-state index < -0.39 is 0 Å². The Morgan fingerprint density at radius 3 is 2.42 bits per heavy atom. The minimum atomic E-state index is 0.327. The SMILES string of the molecule is CCCC1(CN2CC(C)(CC)NCC2C(C)C)CC1. The lowest BCUT2D eigenvalue weighted by atomic mass is 9.88. The highest BCUT2D eigenvalue weighted by atomic mass is 15.3. The molecule has 0 amide bonds. The Kier molecular flexibility index (Phi) is 4.62. The zero-order chi connectivity index (χ0) is 14.1. The summed E-state index contributed by atoms with van der Waals surface area (Å²) in [6.07, 6.45) is 6.96. The summed E-state index contributed by atoms with van der Waals surface area (Å²) in [6.45, 7) is 15.6. The standard InChI is InChI=1S/C17H34N2/c1-6-8-17(9-10-17)13-19-12-16(5,7-2)18-11-15(19)14(3)4/h14-15,18H,6-13H2,1-5H3. The second kappa shape index (κ2) is 5.73. The zero-order valence-corrected chi connectivity index (χ0v) is 13.8. The van der Waals surface area contributed by atoms with Gasteiger partial charge in [-0.05, 0) is 43.9 Å². The van der Waals surface area contributed by atoms with E-state index in [1.54, 1.807) is 0 Å².